The second-order valence-electron chi connectivity index (χ2n) is 6.77. The fourth-order valence-corrected chi connectivity index (χ4v) is 3.13. The largest absolute Gasteiger partial charge is 0.369 e. The number of anilines is 1. The van der Waals surface area contributed by atoms with Gasteiger partial charge in [0.25, 0.3) is 0 Å². The van der Waals surface area contributed by atoms with E-state index in [4.69, 9.17) is 5.73 Å². The summed E-state index contributed by atoms with van der Waals surface area (Å²) in [7, 11) is 0. The lowest BCUT2D eigenvalue weighted by Crippen LogP contribution is -2.39. The fourth-order valence-electron chi connectivity index (χ4n) is 3.13. The molecule has 2 N–H and O–H groups in total. The summed E-state index contributed by atoms with van der Waals surface area (Å²) >= 11 is 0. The zero-order valence-corrected chi connectivity index (χ0v) is 13.7. The Labute approximate surface area is 128 Å². The van der Waals surface area contributed by atoms with Crippen molar-refractivity contribution in [1.82, 2.24) is 0 Å². The molecule has 118 valence electrons. The Bertz CT molecular complexity index is 464. The van der Waals surface area contributed by atoms with Crippen LogP contribution in [0, 0.1) is 11.2 Å². The maximum atomic E-state index is 14.4. The number of hydrogen-bond acceptors (Lipinski definition) is 2. The molecule has 1 fully saturated rings. The standard InChI is InChI=1S/C18H29FN2/c1-4-15(20)13-14-7-6-8-16(19)17(14)21-11-9-18(3,5-2)10-12-21/h6-8,15H,4-5,9-13,20H2,1-3H3. The van der Waals surface area contributed by atoms with Gasteiger partial charge in [0.1, 0.15) is 5.82 Å². The van der Waals surface area contributed by atoms with E-state index in [1.807, 2.05) is 6.07 Å². The molecule has 2 nitrogen and oxygen atoms in total. The van der Waals surface area contributed by atoms with E-state index in [0.717, 1.165) is 50.0 Å². The molecule has 1 unspecified atom stereocenters. The maximum absolute atomic E-state index is 14.4. The number of nitrogens with zero attached hydrogens (tertiary/aromatic N) is 1. The maximum Gasteiger partial charge on any atom is 0.146 e. The molecule has 1 heterocycles. The third-order valence-electron chi connectivity index (χ3n) is 5.22. The minimum atomic E-state index is -0.101. The SMILES string of the molecule is CCC(N)Cc1cccc(F)c1N1CCC(C)(CC)CC1. The van der Waals surface area contributed by atoms with Crippen LogP contribution in [0.25, 0.3) is 0 Å². The van der Waals surface area contributed by atoms with Crippen molar-refractivity contribution >= 4 is 5.69 Å². The van der Waals surface area contributed by atoms with Crippen molar-refractivity contribution in [1.29, 1.82) is 0 Å². The Balaban J connectivity index is 2.19. The molecular weight excluding hydrogens is 263 g/mol. The zero-order chi connectivity index (χ0) is 15.5. The lowest BCUT2D eigenvalue weighted by molar-refractivity contribution is 0.237. The molecule has 1 aromatic carbocycles. The molecule has 1 saturated heterocycles. The van der Waals surface area contributed by atoms with Crippen LogP contribution in [0.2, 0.25) is 0 Å². The average Bonchev–Trinajstić information content (AvgIpc) is 2.49. The Kier molecular flexibility index (Phi) is 5.26. The lowest BCUT2D eigenvalue weighted by Gasteiger charge is -2.41. The number of hydrogen-bond donors (Lipinski definition) is 1. The number of benzene rings is 1. The van der Waals surface area contributed by atoms with E-state index in [9.17, 15) is 4.39 Å². The molecule has 0 amide bonds. The number of nitrogens with two attached hydrogens (primary N) is 1. The Hall–Kier alpha value is -1.09. The molecule has 1 aromatic rings. The molecule has 1 aliphatic rings. The summed E-state index contributed by atoms with van der Waals surface area (Å²) in [6.45, 7) is 8.57. The molecule has 0 spiro atoms. The van der Waals surface area contributed by atoms with Gasteiger partial charge in [0.15, 0.2) is 0 Å². The molecule has 0 aliphatic carbocycles. The number of piperidine rings is 1. The highest BCUT2D eigenvalue weighted by Crippen LogP contribution is 2.37. The first-order valence-corrected chi connectivity index (χ1v) is 8.27. The predicted molar refractivity (Wildman–Crippen MR) is 88.2 cm³/mol. The van der Waals surface area contributed by atoms with Crippen LogP contribution in [0.4, 0.5) is 10.1 Å². The van der Waals surface area contributed by atoms with Crippen LogP contribution in [0.1, 0.15) is 52.0 Å². The second kappa shape index (κ2) is 6.78. The molecule has 0 saturated carbocycles. The van der Waals surface area contributed by atoms with Crippen LogP contribution in [-0.2, 0) is 6.42 Å². The van der Waals surface area contributed by atoms with Crippen molar-refractivity contribution in [3.8, 4) is 0 Å². The highest BCUT2D eigenvalue weighted by Gasteiger charge is 2.30. The predicted octanol–water partition coefficient (Wildman–Crippen LogP) is 4.12. The van der Waals surface area contributed by atoms with Crippen LogP contribution >= 0.6 is 0 Å². The summed E-state index contributed by atoms with van der Waals surface area (Å²) in [5, 5.41) is 0. The average molecular weight is 292 g/mol. The van der Waals surface area contributed by atoms with Gasteiger partial charge in [-0.25, -0.2) is 4.39 Å². The first kappa shape index (κ1) is 16.3. The van der Waals surface area contributed by atoms with Crippen LogP contribution in [0.15, 0.2) is 18.2 Å². The van der Waals surface area contributed by atoms with Gasteiger partial charge in [-0.15, -0.1) is 0 Å². The van der Waals surface area contributed by atoms with E-state index in [-0.39, 0.29) is 11.9 Å². The van der Waals surface area contributed by atoms with Gasteiger partial charge in [-0.05, 0) is 42.7 Å². The van der Waals surface area contributed by atoms with Gasteiger partial charge in [0, 0.05) is 19.1 Å². The van der Waals surface area contributed by atoms with E-state index in [2.05, 4.69) is 25.7 Å². The Morgan fingerprint density at radius 2 is 1.95 bits per heavy atom. The van der Waals surface area contributed by atoms with Crippen molar-refractivity contribution in [2.75, 3.05) is 18.0 Å². The summed E-state index contributed by atoms with van der Waals surface area (Å²) in [4.78, 5) is 2.23. The van der Waals surface area contributed by atoms with E-state index >= 15 is 0 Å². The van der Waals surface area contributed by atoms with E-state index in [1.165, 1.54) is 6.42 Å². The molecule has 0 bridgehead atoms. The number of halogens is 1. The number of para-hydroxylation sites is 1. The lowest BCUT2D eigenvalue weighted by atomic mass is 9.78. The van der Waals surface area contributed by atoms with Crippen LogP contribution in [0.3, 0.4) is 0 Å². The molecule has 1 atom stereocenters. The Morgan fingerprint density at radius 3 is 2.52 bits per heavy atom. The molecule has 0 aromatic heterocycles. The monoisotopic (exact) mass is 292 g/mol. The van der Waals surface area contributed by atoms with Gasteiger partial charge in [-0.2, -0.15) is 0 Å². The third-order valence-corrected chi connectivity index (χ3v) is 5.22. The van der Waals surface area contributed by atoms with Gasteiger partial charge in [0.05, 0.1) is 5.69 Å². The van der Waals surface area contributed by atoms with E-state index < -0.39 is 0 Å². The smallest absolute Gasteiger partial charge is 0.146 e. The zero-order valence-electron chi connectivity index (χ0n) is 13.7. The molecule has 2 rings (SSSR count). The molecule has 3 heteroatoms. The normalized spacial score (nSPS) is 19.6. The van der Waals surface area contributed by atoms with Gasteiger partial charge in [-0.3, -0.25) is 0 Å². The van der Waals surface area contributed by atoms with Crippen LogP contribution in [0.5, 0.6) is 0 Å². The van der Waals surface area contributed by atoms with Crippen molar-refractivity contribution in [2.45, 2.75) is 58.9 Å². The minimum Gasteiger partial charge on any atom is -0.369 e. The van der Waals surface area contributed by atoms with Crippen molar-refractivity contribution in [3.63, 3.8) is 0 Å². The van der Waals surface area contributed by atoms with Crippen molar-refractivity contribution in [3.05, 3.63) is 29.6 Å². The van der Waals surface area contributed by atoms with Gasteiger partial charge in [0.2, 0.25) is 0 Å². The fraction of sp³-hybridized carbons (Fsp3) is 0.667. The quantitative estimate of drug-likeness (QED) is 0.884. The van der Waals surface area contributed by atoms with E-state index in [1.54, 1.807) is 12.1 Å². The van der Waals surface area contributed by atoms with Gasteiger partial charge < -0.3 is 10.6 Å². The number of rotatable bonds is 5. The van der Waals surface area contributed by atoms with Crippen molar-refractivity contribution < 1.29 is 4.39 Å². The summed E-state index contributed by atoms with van der Waals surface area (Å²) in [5.41, 5.74) is 8.35. The summed E-state index contributed by atoms with van der Waals surface area (Å²) in [6, 6.07) is 5.51. The summed E-state index contributed by atoms with van der Waals surface area (Å²) < 4.78 is 14.4. The first-order chi connectivity index (χ1) is 9.99. The van der Waals surface area contributed by atoms with E-state index in [0.29, 0.717) is 5.41 Å². The third kappa shape index (κ3) is 3.76. The van der Waals surface area contributed by atoms with Crippen LogP contribution < -0.4 is 10.6 Å². The molecule has 1 aliphatic heterocycles. The molecule has 21 heavy (non-hydrogen) atoms. The minimum absolute atomic E-state index is 0.101. The second-order valence-corrected chi connectivity index (χ2v) is 6.77. The highest BCUT2D eigenvalue weighted by molar-refractivity contribution is 5.55. The summed E-state index contributed by atoms with van der Waals surface area (Å²) in [6.07, 6.45) is 5.15. The highest BCUT2D eigenvalue weighted by atomic mass is 19.1. The topological polar surface area (TPSA) is 29.3 Å². The molecule has 0 radical (unpaired) electrons. The van der Waals surface area contributed by atoms with Gasteiger partial charge >= 0.3 is 0 Å². The Morgan fingerprint density at radius 1 is 1.29 bits per heavy atom. The first-order valence-electron chi connectivity index (χ1n) is 8.27. The van der Waals surface area contributed by atoms with Crippen LogP contribution in [-0.4, -0.2) is 19.1 Å². The molecular formula is C18H29FN2. The summed E-state index contributed by atoms with van der Waals surface area (Å²) in [5.74, 6) is -0.101. The van der Waals surface area contributed by atoms with Crippen molar-refractivity contribution in [2.24, 2.45) is 11.1 Å². The van der Waals surface area contributed by atoms with Gasteiger partial charge in [-0.1, -0.05) is 39.3 Å².